The first-order valence-corrected chi connectivity index (χ1v) is 16.0. The molecule has 11 nitrogen and oxygen atoms in total. The summed E-state index contributed by atoms with van der Waals surface area (Å²) in [4.78, 5) is 72.1. The van der Waals surface area contributed by atoms with E-state index in [0.717, 1.165) is 0 Å². The van der Waals surface area contributed by atoms with Crippen molar-refractivity contribution in [2.75, 3.05) is 6.61 Å². The first-order chi connectivity index (χ1) is 21.8. The van der Waals surface area contributed by atoms with Gasteiger partial charge >= 0.3 is 23.9 Å². The maximum atomic E-state index is 15.2. The third-order valence-corrected chi connectivity index (χ3v) is 10.2. The molecule has 5 rings (SSSR count). The Balaban J connectivity index is 1.81. The van der Waals surface area contributed by atoms with Crippen molar-refractivity contribution in [3.05, 3.63) is 54.4 Å². The summed E-state index contributed by atoms with van der Waals surface area (Å²) < 4.78 is 31.3. The molecule has 248 valence electrons. The number of esters is 4. The predicted molar refractivity (Wildman–Crippen MR) is 163 cm³/mol. The van der Waals surface area contributed by atoms with Crippen LogP contribution in [0.25, 0.3) is 0 Å². The highest BCUT2D eigenvalue weighted by atomic mass is 16.6. The molecule has 0 unspecified atom stereocenters. The predicted octanol–water partition coefficient (Wildman–Crippen LogP) is 4.33. The standard InChI is InChI=1S/C35H43NO10/c1-8-11-26(39)45-30-27-28(44-25(38)9-2)20(5)16-35(27,46-21(6)37)32(41)33(7)29-23(19(3)4)13-14-24(34(29,30)18-42-33)43-31(40)22-12-10-15-36-17-22/h10,12-15,17,20,23-24,27-30H,3,8-9,11,16,18H2,1-2,4-7H3/t20-,23+,24+,27+,28-,29-,30+,33+,34+,35+/m0/s1. The van der Waals surface area contributed by atoms with E-state index in [9.17, 15) is 19.2 Å². The van der Waals surface area contributed by atoms with Crippen LogP contribution in [-0.2, 0) is 42.9 Å². The average molecular weight is 638 g/mol. The molecule has 3 fully saturated rings. The number of ether oxygens (including phenoxy) is 5. The van der Waals surface area contributed by atoms with Gasteiger partial charge in [0.1, 0.15) is 23.9 Å². The van der Waals surface area contributed by atoms with Crippen molar-refractivity contribution in [2.45, 2.75) is 96.7 Å². The molecular formula is C35H43NO10. The van der Waals surface area contributed by atoms with Crippen LogP contribution in [0, 0.1) is 29.1 Å². The van der Waals surface area contributed by atoms with E-state index in [-0.39, 0.29) is 31.4 Å². The fourth-order valence-corrected chi connectivity index (χ4v) is 8.50. The van der Waals surface area contributed by atoms with E-state index in [4.69, 9.17) is 23.7 Å². The van der Waals surface area contributed by atoms with Crippen LogP contribution in [0.1, 0.15) is 77.6 Å². The molecule has 1 aromatic heterocycles. The molecule has 1 aliphatic heterocycles. The number of fused-ring (bicyclic) bond motifs is 1. The molecule has 0 spiro atoms. The molecule has 46 heavy (non-hydrogen) atoms. The van der Waals surface area contributed by atoms with Gasteiger partial charge in [0.2, 0.25) is 5.78 Å². The van der Waals surface area contributed by atoms with E-state index in [2.05, 4.69) is 11.6 Å². The monoisotopic (exact) mass is 637 g/mol. The molecule has 2 bridgehead atoms. The van der Waals surface area contributed by atoms with Crippen LogP contribution in [0.5, 0.6) is 0 Å². The number of Topliss-reactive ketones (excluding diaryl/α,β-unsaturated/α-hetero) is 1. The molecule has 10 atom stereocenters. The molecule has 0 aromatic carbocycles. The van der Waals surface area contributed by atoms with Gasteiger partial charge in [0.25, 0.3) is 0 Å². The van der Waals surface area contributed by atoms with Crippen LogP contribution in [-0.4, -0.2) is 70.8 Å². The van der Waals surface area contributed by atoms with Gasteiger partial charge in [-0.1, -0.05) is 39.0 Å². The Bertz CT molecular complexity index is 1460. The van der Waals surface area contributed by atoms with Gasteiger partial charge in [-0.2, -0.15) is 0 Å². The van der Waals surface area contributed by atoms with Gasteiger partial charge < -0.3 is 23.7 Å². The average Bonchev–Trinajstić information content (AvgIpc) is 3.46. The number of carbonyl (C=O) groups is 5. The summed E-state index contributed by atoms with van der Waals surface area (Å²) in [5, 5.41) is 0. The molecule has 2 heterocycles. The van der Waals surface area contributed by atoms with Gasteiger partial charge in [-0.25, -0.2) is 4.79 Å². The quantitative estimate of drug-likeness (QED) is 0.217. The van der Waals surface area contributed by atoms with E-state index in [1.54, 1.807) is 32.1 Å². The number of hydrogen-bond donors (Lipinski definition) is 0. The van der Waals surface area contributed by atoms with Gasteiger partial charge in [0.05, 0.1) is 23.5 Å². The Labute approximate surface area is 269 Å². The van der Waals surface area contributed by atoms with Crippen LogP contribution >= 0.6 is 0 Å². The summed E-state index contributed by atoms with van der Waals surface area (Å²) in [6.45, 7) is 14.1. The molecule has 4 aliphatic rings. The smallest absolute Gasteiger partial charge is 0.340 e. The maximum Gasteiger partial charge on any atom is 0.340 e. The van der Waals surface area contributed by atoms with E-state index in [1.165, 1.54) is 19.3 Å². The van der Waals surface area contributed by atoms with Crippen molar-refractivity contribution in [3.8, 4) is 0 Å². The van der Waals surface area contributed by atoms with E-state index >= 15 is 4.79 Å². The number of allylic oxidation sites excluding steroid dienone is 2. The van der Waals surface area contributed by atoms with Crippen LogP contribution in [0.3, 0.4) is 0 Å². The fraction of sp³-hybridized carbons (Fsp3) is 0.600. The zero-order valence-electron chi connectivity index (χ0n) is 27.3. The van der Waals surface area contributed by atoms with Gasteiger partial charge in [0.15, 0.2) is 5.60 Å². The molecule has 11 heteroatoms. The summed E-state index contributed by atoms with van der Waals surface area (Å²) in [6.07, 6.45) is 3.81. The number of carbonyl (C=O) groups excluding carboxylic acids is 5. The van der Waals surface area contributed by atoms with E-state index < -0.39 is 88.3 Å². The normalized spacial score (nSPS) is 37.3. The zero-order chi connectivity index (χ0) is 33.6. The highest BCUT2D eigenvalue weighted by Crippen LogP contribution is 2.67. The Morgan fingerprint density at radius 2 is 1.83 bits per heavy atom. The topological polar surface area (TPSA) is 144 Å². The second-order valence-electron chi connectivity index (χ2n) is 13.3. The van der Waals surface area contributed by atoms with Gasteiger partial charge in [-0.15, -0.1) is 0 Å². The lowest BCUT2D eigenvalue weighted by Crippen LogP contribution is -2.62. The van der Waals surface area contributed by atoms with Crippen molar-refractivity contribution in [1.29, 1.82) is 0 Å². The van der Waals surface area contributed by atoms with Crippen molar-refractivity contribution in [3.63, 3.8) is 0 Å². The Hall–Kier alpha value is -3.86. The van der Waals surface area contributed by atoms with E-state index in [1.807, 2.05) is 26.8 Å². The van der Waals surface area contributed by atoms with Crippen LogP contribution in [0.4, 0.5) is 0 Å². The largest absolute Gasteiger partial charge is 0.461 e. The van der Waals surface area contributed by atoms with Gasteiger partial charge in [-0.05, 0) is 44.4 Å². The second-order valence-corrected chi connectivity index (χ2v) is 13.3. The van der Waals surface area contributed by atoms with E-state index in [0.29, 0.717) is 12.0 Å². The van der Waals surface area contributed by atoms with Crippen molar-refractivity contribution in [1.82, 2.24) is 4.98 Å². The molecule has 2 saturated carbocycles. The summed E-state index contributed by atoms with van der Waals surface area (Å²) in [5.74, 6) is -5.82. The van der Waals surface area contributed by atoms with Gasteiger partial charge in [0, 0.05) is 50.4 Å². The summed E-state index contributed by atoms with van der Waals surface area (Å²) in [7, 11) is 0. The van der Waals surface area contributed by atoms with Crippen LogP contribution < -0.4 is 0 Å². The Morgan fingerprint density at radius 3 is 2.43 bits per heavy atom. The minimum absolute atomic E-state index is 0.00657. The lowest BCUT2D eigenvalue weighted by atomic mass is 9.55. The van der Waals surface area contributed by atoms with Crippen molar-refractivity contribution >= 4 is 29.7 Å². The molecule has 0 amide bonds. The summed E-state index contributed by atoms with van der Waals surface area (Å²) in [5.41, 5.74) is -3.94. The highest BCUT2D eigenvalue weighted by molar-refractivity contribution is 5.98. The summed E-state index contributed by atoms with van der Waals surface area (Å²) in [6, 6.07) is 3.18. The van der Waals surface area contributed by atoms with Crippen LogP contribution in [0.2, 0.25) is 0 Å². The lowest BCUT2D eigenvalue weighted by molar-refractivity contribution is -0.210. The Kier molecular flexibility index (Phi) is 9.02. The summed E-state index contributed by atoms with van der Waals surface area (Å²) >= 11 is 0. The zero-order valence-corrected chi connectivity index (χ0v) is 27.3. The first kappa shape index (κ1) is 33.5. The number of rotatable bonds is 9. The SMILES string of the molecule is C=C(C)[C@H]1C=C[C@@H](OC(=O)c2cccnc2)[C@@]23CO[C@@](C)(C(=O)[C@@]4(OC(C)=O)C[C@H](C)[C@H](OC(=O)CC)[C@@H]4[C@H]2OC(=O)CCC)[C@H]13. The number of ketones is 1. The number of nitrogens with zero attached hydrogens (tertiary/aromatic N) is 1. The third kappa shape index (κ3) is 5.16. The first-order valence-electron chi connectivity index (χ1n) is 16.0. The molecule has 3 aliphatic carbocycles. The van der Waals surface area contributed by atoms with Gasteiger partial charge in [-0.3, -0.25) is 24.2 Å². The van der Waals surface area contributed by atoms with Crippen molar-refractivity contribution < 1.29 is 47.7 Å². The number of aromatic nitrogens is 1. The number of pyridine rings is 1. The van der Waals surface area contributed by atoms with Crippen LogP contribution in [0.15, 0.2) is 48.8 Å². The molecule has 0 radical (unpaired) electrons. The minimum atomic E-state index is -1.88. The molecule has 0 N–H and O–H groups in total. The Morgan fingerprint density at radius 1 is 1.09 bits per heavy atom. The maximum absolute atomic E-state index is 15.2. The van der Waals surface area contributed by atoms with Crippen molar-refractivity contribution in [2.24, 2.45) is 29.1 Å². The minimum Gasteiger partial charge on any atom is -0.461 e. The second kappa shape index (κ2) is 12.4. The highest BCUT2D eigenvalue weighted by Gasteiger charge is 2.81. The fourth-order valence-electron chi connectivity index (χ4n) is 8.50. The molecule has 1 saturated heterocycles. The lowest BCUT2D eigenvalue weighted by Gasteiger charge is -2.51. The number of hydrogen-bond acceptors (Lipinski definition) is 11. The molecule has 1 aromatic rings. The molecular weight excluding hydrogens is 594 g/mol. The third-order valence-electron chi connectivity index (χ3n) is 10.2.